The lowest BCUT2D eigenvalue weighted by atomic mass is 9.93. The van der Waals surface area contributed by atoms with E-state index in [9.17, 15) is 9.59 Å². The van der Waals surface area contributed by atoms with Crippen LogP contribution in [0.4, 0.5) is 5.69 Å². The fourth-order valence-corrected chi connectivity index (χ4v) is 5.82. The number of thioether (sulfide) groups is 1. The standard InChI is InChI=1S/C27H27ClN4O3S/c1-17-24(26(34)30-20-9-11-22(35-2)12-10-20)25(18-5-7-19(28)8-6-18)32-21(16-36-27(32)29-17)15-23(33)31-13-3-4-14-31/h5-12,16,25H,3-4,13-15H2,1-2H3,(H,30,34). The van der Waals surface area contributed by atoms with Crippen molar-refractivity contribution >= 4 is 46.0 Å². The molecule has 186 valence electrons. The Balaban J connectivity index is 1.48. The molecule has 0 aliphatic carbocycles. The zero-order chi connectivity index (χ0) is 25.2. The highest BCUT2D eigenvalue weighted by molar-refractivity contribution is 8.16. The van der Waals surface area contributed by atoms with Gasteiger partial charge in [-0.2, -0.15) is 0 Å². The Hall–Kier alpha value is -3.23. The molecule has 3 aliphatic heterocycles. The largest absolute Gasteiger partial charge is 0.497 e. The molecule has 0 aromatic heterocycles. The first-order valence-electron chi connectivity index (χ1n) is 11.9. The highest BCUT2D eigenvalue weighted by Crippen LogP contribution is 2.45. The van der Waals surface area contributed by atoms with Gasteiger partial charge in [0.2, 0.25) is 5.91 Å². The van der Waals surface area contributed by atoms with E-state index in [-0.39, 0.29) is 18.2 Å². The number of ether oxygens (including phenoxy) is 1. The summed E-state index contributed by atoms with van der Waals surface area (Å²) >= 11 is 7.67. The van der Waals surface area contributed by atoms with Gasteiger partial charge in [0.05, 0.1) is 30.8 Å². The molecule has 2 amide bonds. The van der Waals surface area contributed by atoms with E-state index >= 15 is 0 Å². The van der Waals surface area contributed by atoms with E-state index in [0.717, 1.165) is 42.4 Å². The second kappa shape index (κ2) is 10.4. The van der Waals surface area contributed by atoms with Crippen LogP contribution in [-0.4, -0.2) is 47.0 Å². The number of hydrogen-bond acceptors (Lipinski definition) is 6. The van der Waals surface area contributed by atoms with Crippen LogP contribution in [0, 0.1) is 0 Å². The molecule has 0 saturated carbocycles. The number of aliphatic imine (C=N–C) groups is 1. The number of amidine groups is 1. The van der Waals surface area contributed by atoms with Crippen molar-refractivity contribution in [1.82, 2.24) is 9.80 Å². The number of fused-ring (bicyclic) bond motifs is 1. The number of hydrogen-bond donors (Lipinski definition) is 1. The lowest BCUT2D eigenvalue weighted by Gasteiger charge is -2.37. The average molecular weight is 523 g/mol. The van der Waals surface area contributed by atoms with Crippen molar-refractivity contribution in [1.29, 1.82) is 0 Å². The van der Waals surface area contributed by atoms with Crippen LogP contribution in [-0.2, 0) is 9.59 Å². The van der Waals surface area contributed by atoms with Gasteiger partial charge in [-0.05, 0) is 67.1 Å². The Labute approximate surface area is 219 Å². The molecule has 36 heavy (non-hydrogen) atoms. The van der Waals surface area contributed by atoms with E-state index < -0.39 is 6.04 Å². The molecule has 1 fully saturated rings. The van der Waals surface area contributed by atoms with Crippen LogP contribution in [0.5, 0.6) is 5.75 Å². The first-order valence-corrected chi connectivity index (χ1v) is 13.1. The molecule has 1 unspecified atom stereocenters. The maximum absolute atomic E-state index is 13.7. The fraction of sp³-hybridized carbons (Fsp3) is 0.296. The molecule has 7 nitrogen and oxygen atoms in total. The quantitative estimate of drug-likeness (QED) is 0.536. The minimum atomic E-state index is -0.444. The molecule has 0 radical (unpaired) electrons. The van der Waals surface area contributed by atoms with Crippen molar-refractivity contribution in [3.63, 3.8) is 0 Å². The Kier molecular flexibility index (Phi) is 7.07. The highest BCUT2D eigenvalue weighted by atomic mass is 35.5. The van der Waals surface area contributed by atoms with Gasteiger partial charge in [-0.15, -0.1) is 0 Å². The van der Waals surface area contributed by atoms with Crippen LogP contribution in [0.25, 0.3) is 0 Å². The van der Waals surface area contributed by atoms with Crippen LogP contribution in [0.2, 0.25) is 5.02 Å². The minimum Gasteiger partial charge on any atom is -0.497 e. The van der Waals surface area contributed by atoms with Gasteiger partial charge in [0.1, 0.15) is 5.75 Å². The van der Waals surface area contributed by atoms with E-state index in [4.69, 9.17) is 21.3 Å². The molecule has 3 aliphatic rings. The number of likely N-dealkylation sites (tertiary alicyclic amines) is 1. The molecule has 9 heteroatoms. The molecule has 0 spiro atoms. The van der Waals surface area contributed by atoms with Crippen molar-refractivity contribution in [2.24, 2.45) is 4.99 Å². The molecule has 0 bridgehead atoms. The van der Waals surface area contributed by atoms with Crippen molar-refractivity contribution < 1.29 is 14.3 Å². The van der Waals surface area contributed by atoms with Gasteiger partial charge in [0, 0.05) is 29.5 Å². The molecule has 2 aromatic rings. The summed E-state index contributed by atoms with van der Waals surface area (Å²) in [6.07, 6.45) is 2.35. The van der Waals surface area contributed by atoms with E-state index in [1.165, 1.54) is 11.8 Å². The van der Waals surface area contributed by atoms with Gasteiger partial charge in [-0.25, -0.2) is 4.99 Å². The monoisotopic (exact) mass is 522 g/mol. The van der Waals surface area contributed by atoms with Gasteiger partial charge >= 0.3 is 0 Å². The number of anilines is 1. The molecule has 1 saturated heterocycles. The molecule has 1 atom stereocenters. The Bertz CT molecular complexity index is 1260. The number of carbonyl (C=O) groups excluding carboxylic acids is 2. The Morgan fingerprint density at radius 1 is 1.11 bits per heavy atom. The fourth-order valence-electron chi connectivity index (χ4n) is 4.73. The van der Waals surface area contributed by atoms with Crippen molar-refractivity contribution in [2.45, 2.75) is 32.2 Å². The summed E-state index contributed by atoms with van der Waals surface area (Å²) in [6, 6.07) is 14.2. The van der Waals surface area contributed by atoms with Crippen LogP contribution in [0.15, 0.2) is 75.9 Å². The maximum Gasteiger partial charge on any atom is 0.255 e. The second-order valence-corrected chi connectivity index (χ2v) is 10.2. The lowest BCUT2D eigenvalue weighted by Crippen LogP contribution is -2.39. The van der Waals surface area contributed by atoms with Crippen molar-refractivity contribution in [3.05, 3.63) is 81.5 Å². The number of carbonyl (C=O) groups is 2. The summed E-state index contributed by atoms with van der Waals surface area (Å²) in [5, 5.41) is 6.37. The topological polar surface area (TPSA) is 74.2 Å². The van der Waals surface area contributed by atoms with E-state index in [1.54, 1.807) is 31.4 Å². The third kappa shape index (κ3) is 4.88. The molecular formula is C27H27ClN4O3S. The SMILES string of the molecule is COc1ccc(NC(=O)C2=C(C)N=C3SC=C(CC(=O)N4CCCC4)N3C2c2ccc(Cl)cc2)cc1. The zero-order valence-corrected chi connectivity index (χ0v) is 21.7. The zero-order valence-electron chi connectivity index (χ0n) is 20.2. The molecule has 2 aromatic carbocycles. The Morgan fingerprint density at radius 3 is 2.47 bits per heavy atom. The molecule has 3 heterocycles. The maximum atomic E-state index is 13.7. The predicted molar refractivity (Wildman–Crippen MR) is 144 cm³/mol. The number of allylic oxidation sites excluding steroid dienone is 1. The van der Waals surface area contributed by atoms with E-state index in [2.05, 4.69) is 5.32 Å². The van der Waals surface area contributed by atoms with Crippen LogP contribution in [0.3, 0.4) is 0 Å². The normalized spacial score (nSPS) is 19.1. The first-order chi connectivity index (χ1) is 17.4. The number of benzene rings is 2. The van der Waals surface area contributed by atoms with E-state index in [1.807, 2.05) is 46.4 Å². The number of nitrogens with zero attached hydrogens (tertiary/aromatic N) is 3. The number of methoxy groups -OCH3 is 1. The van der Waals surface area contributed by atoms with Crippen LogP contribution >= 0.6 is 23.4 Å². The molecular weight excluding hydrogens is 496 g/mol. The number of nitrogens with one attached hydrogen (secondary N) is 1. The summed E-state index contributed by atoms with van der Waals surface area (Å²) in [6.45, 7) is 3.45. The number of halogens is 1. The van der Waals surface area contributed by atoms with Gasteiger partial charge in [-0.1, -0.05) is 35.5 Å². The van der Waals surface area contributed by atoms with E-state index in [0.29, 0.717) is 27.7 Å². The van der Waals surface area contributed by atoms with Crippen LogP contribution in [0.1, 0.15) is 37.8 Å². The third-order valence-corrected chi connectivity index (χ3v) is 7.71. The minimum absolute atomic E-state index is 0.103. The summed E-state index contributed by atoms with van der Waals surface area (Å²) in [4.78, 5) is 35.4. The van der Waals surface area contributed by atoms with Crippen molar-refractivity contribution in [3.8, 4) is 5.75 Å². The highest BCUT2D eigenvalue weighted by Gasteiger charge is 2.41. The summed E-state index contributed by atoms with van der Waals surface area (Å²) in [7, 11) is 1.60. The van der Waals surface area contributed by atoms with Gasteiger partial charge in [0.15, 0.2) is 5.17 Å². The smallest absolute Gasteiger partial charge is 0.255 e. The first kappa shape index (κ1) is 24.5. The summed E-state index contributed by atoms with van der Waals surface area (Å²) < 4.78 is 5.22. The van der Waals surface area contributed by atoms with Gasteiger partial charge < -0.3 is 19.9 Å². The Morgan fingerprint density at radius 2 is 1.81 bits per heavy atom. The number of rotatable bonds is 6. The predicted octanol–water partition coefficient (Wildman–Crippen LogP) is 5.57. The summed E-state index contributed by atoms with van der Waals surface area (Å²) in [5.41, 5.74) is 3.56. The second-order valence-electron chi connectivity index (χ2n) is 8.89. The lowest BCUT2D eigenvalue weighted by molar-refractivity contribution is -0.129. The van der Waals surface area contributed by atoms with Crippen LogP contribution < -0.4 is 10.1 Å². The molecule has 1 N–H and O–H groups in total. The van der Waals surface area contributed by atoms with Gasteiger partial charge in [0.25, 0.3) is 5.91 Å². The van der Waals surface area contributed by atoms with Gasteiger partial charge in [-0.3, -0.25) is 9.59 Å². The summed E-state index contributed by atoms with van der Waals surface area (Å²) in [5.74, 6) is 0.564. The van der Waals surface area contributed by atoms with Crippen molar-refractivity contribution in [2.75, 3.05) is 25.5 Å². The average Bonchev–Trinajstić information content (AvgIpc) is 3.55. The number of amides is 2. The third-order valence-electron chi connectivity index (χ3n) is 6.57. The molecule has 5 rings (SSSR count).